The standard InChI is InChI=1S/C17H18N2O3/c1-12-7-5-6-10-14(12)18-17(22)19-15(16(20)21)11-13-8-3-2-4-9-13/h2-10,15H,11H2,1H3,(H,20,21)(H2,18,19,22)/p-1/t15-/m0/s1. The van der Waals surface area contributed by atoms with Gasteiger partial charge < -0.3 is 20.5 Å². The number of rotatable bonds is 5. The van der Waals surface area contributed by atoms with Crippen LogP contribution in [0.4, 0.5) is 10.5 Å². The van der Waals surface area contributed by atoms with Gasteiger partial charge >= 0.3 is 6.03 Å². The molecule has 5 heteroatoms. The summed E-state index contributed by atoms with van der Waals surface area (Å²) in [4.78, 5) is 23.2. The maximum absolute atomic E-state index is 12.0. The Kier molecular flexibility index (Phi) is 5.14. The van der Waals surface area contributed by atoms with Crippen LogP contribution in [-0.2, 0) is 11.2 Å². The van der Waals surface area contributed by atoms with Crippen molar-refractivity contribution in [3.63, 3.8) is 0 Å². The Balaban J connectivity index is 2.00. The molecule has 5 nitrogen and oxygen atoms in total. The van der Waals surface area contributed by atoms with Crippen LogP contribution >= 0.6 is 0 Å². The number of hydrogen-bond acceptors (Lipinski definition) is 3. The zero-order valence-electron chi connectivity index (χ0n) is 12.2. The van der Waals surface area contributed by atoms with Gasteiger partial charge in [-0.15, -0.1) is 0 Å². The number of anilines is 1. The number of nitrogens with one attached hydrogen (secondary N) is 2. The van der Waals surface area contributed by atoms with Crippen LogP contribution in [0.1, 0.15) is 11.1 Å². The molecule has 0 unspecified atom stereocenters. The number of benzene rings is 2. The second kappa shape index (κ2) is 7.26. The van der Waals surface area contributed by atoms with Crippen molar-refractivity contribution >= 4 is 17.7 Å². The number of amides is 2. The molecule has 0 aliphatic carbocycles. The first kappa shape index (κ1) is 15.6. The van der Waals surface area contributed by atoms with Crippen molar-refractivity contribution in [2.24, 2.45) is 0 Å². The van der Waals surface area contributed by atoms with Crippen molar-refractivity contribution in [3.8, 4) is 0 Å². The Morgan fingerprint density at radius 2 is 1.68 bits per heavy atom. The molecule has 0 heterocycles. The first-order valence-corrected chi connectivity index (χ1v) is 6.94. The van der Waals surface area contributed by atoms with Gasteiger partial charge in [-0.2, -0.15) is 0 Å². The van der Waals surface area contributed by atoms with E-state index in [0.717, 1.165) is 11.1 Å². The fraction of sp³-hybridized carbons (Fsp3) is 0.176. The molecule has 0 spiro atoms. The van der Waals surface area contributed by atoms with Gasteiger partial charge in [0.1, 0.15) is 0 Å². The highest BCUT2D eigenvalue weighted by Crippen LogP contribution is 2.13. The molecule has 0 radical (unpaired) electrons. The Bertz CT molecular complexity index is 656. The second-order valence-electron chi connectivity index (χ2n) is 4.97. The van der Waals surface area contributed by atoms with Crippen LogP contribution in [0.2, 0.25) is 0 Å². The third kappa shape index (κ3) is 4.34. The van der Waals surface area contributed by atoms with Gasteiger partial charge in [-0.3, -0.25) is 0 Å². The molecule has 0 aliphatic rings. The van der Waals surface area contributed by atoms with Crippen LogP contribution in [0.15, 0.2) is 54.6 Å². The van der Waals surface area contributed by atoms with E-state index in [1.807, 2.05) is 37.3 Å². The summed E-state index contributed by atoms with van der Waals surface area (Å²) in [6, 6.07) is 14.7. The van der Waals surface area contributed by atoms with E-state index in [9.17, 15) is 14.7 Å². The Labute approximate surface area is 129 Å². The van der Waals surface area contributed by atoms with E-state index in [4.69, 9.17) is 0 Å². The summed E-state index contributed by atoms with van der Waals surface area (Å²) in [7, 11) is 0. The molecular weight excluding hydrogens is 280 g/mol. The maximum Gasteiger partial charge on any atom is 0.319 e. The third-order valence-corrected chi connectivity index (χ3v) is 3.27. The highest BCUT2D eigenvalue weighted by atomic mass is 16.4. The van der Waals surface area contributed by atoms with Gasteiger partial charge in [0.25, 0.3) is 0 Å². The Morgan fingerprint density at radius 3 is 2.32 bits per heavy atom. The largest absolute Gasteiger partial charge is 0.548 e. The molecule has 114 valence electrons. The number of aliphatic carboxylic acids is 1. The molecule has 0 saturated heterocycles. The van der Waals surface area contributed by atoms with Crippen molar-refractivity contribution in [1.29, 1.82) is 0 Å². The molecule has 2 aromatic rings. The zero-order valence-corrected chi connectivity index (χ0v) is 12.2. The quantitative estimate of drug-likeness (QED) is 0.877. The SMILES string of the molecule is Cc1ccccc1NC(=O)N[C@@H](Cc1ccccc1)C(=O)[O-]. The third-order valence-electron chi connectivity index (χ3n) is 3.27. The molecule has 2 amide bonds. The summed E-state index contributed by atoms with van der Waals surface area (Å²) in [5.74, 6) is -1.32. The van der Waals surface area contributed by atoms with Crippen molar-refractivity contribution in [2.75, 3.05) is 5.32 Å². The van der Waals surface area contributed by atoms with E-state index in [2.05, 4.69) is 10.6 Å². The van der Waals surface area contributed by atoms with Crippen LogP contribution in [0.5, 0.6) is 0 Å². The monoisotopic (exact) mass is 297 g/mol. The molecule has 0 bridgehead atoms. The number of hydrogen-bond donors (Lipinski definition) is 2. The summed E-state index contributed by atoms with van der Waals surface area (Å²) < 4.78 is 0. The van der Waals surface area contributed by atoms with E-state index < -0.39 is 18.0 Å². The maximum atomic E-state index is 12.0. The predicted molar refractivity (Wildman–Crippen MR) is 82.3 cm³/mol. The molecule has 0 aliphatic heterocycles. The number of carbonyl (C=O) groups is 2. The number of urea groups is 1. The Hall–Kier alpha value is -2.82. The minimum Gasteiger partial charge on any atom is -0.548 e. The summed E-state index contributed by atoms with van der Waals surface area (Å²) in [6.07, 6.45) is 0.171. The molecule has 2 aromatic carbocycles. The van der Waals surface area contributed by atoms with Crippen LogP contribution < -0.4 is 15.7 Å². The van der Waals surface area contributed by atoms with Gasteiger partial charge in [0.2, 0.25) is 0 Å². The number of aryl methyl sites for hydroxylation is 1. The highest BCUT2D eigenvalue weighted by molar-refractivity contribution is 5.92. The first-order chi connectivity index (χ1) is 10.6. The Morgan fingerprint density at radius 1 is 1.05 bits per heavy atom. The van der Waals surface area contributed by atoms with Crippen LogP contribution in [0.3, 0.4) is 0 Å². The van der Waals surface area contributed by atoms with Crippen LogP contribution in [0.25, 0.3) is 0 Å². The predicted octanol–water partition coefficient (Wildman–Crippen LogP) is 1.48. The van der Waals surface area contributed by atoms with Crippen molar-refractivity contribution < 1.29 is 14.7 Å². The van der Waals surface area contributed by atoms with Crippen molar-refractivity contribution in [2.45, 2.75) is 19.4 Å². The average molecular weight is 297 g/mol. The minimum absolute atomic E-state index is 0.171. The van der Waals surface area contributed by atoms with Gasteiger partial charge in [0, 0.05) is 5.69 Å². The van der Waals surface area contributed by atoms with Crippen molar-refractivity contribution in [3.05, 3.63) is 65.7 Å². The van der Waals surface area contributed by atoms with E-state index >= 15 is 0 Å². The van der Waals surface area contributed by atoms with Crippen LogP contribution in [-0.4, -0.2) is 18.0 Å². The van der Waals surface area contributed by atoms with Gasteiger partial charge in [0.05, 0.1) is 12.0 Å². The smallest absolute Gasteiger partial charge is 0.319 e. The topological polar surface area (TPSA) is 81.3 Å². The molecular formula is C17H17N2O3-. The lowest BCUT2D eigenvalue weighted by molar-refractivity contribution is -0.308. The molecule has 0 saturated carbocycles. The molecule has 2 rings (SSSR count). The normalized spacial score (nSPS) is 11.5. The fourth-order valence-corrected chi connectivity index (χ4v) is 2.07. The summed E-state index contributed by atoms with van der Waals surface area (Å²) in [5.41, 5.74) is 2.34. The molecule has 0 fully saturated rings. The van der Waals surface area contributed by atoms with Gasteiger partial charge in [0.15, 0.2) is 0 Å². The molecule has 22 heavy (non-hydrogen) atoms. The van der Waals surface area contributed by atoms with Gasteiger partial charge in [-0.05, 0) is 30.5 Å². The van der Waals surface area contributed by atoms with E-state index in [-0.39, 0.29) is 6.42 Å². The lowest BCUT2D eigenvalue weighted by atomic mass is 10.1. The summed E-state index contributed by atoms with van der Waals surface area (Å²) >= 11 is 0. The van der Waals surface area contributed by atoms with E-state index in [1.54, 1.807) is 24.3 Å². The van der Waals surface area contributed by atoms with Crippen LogP contribution in [0, 0.1) is 6.92 Å². The van der Waals surface area contributed by atoms with Gasteiger partial charge in [-0.25, -0.2) is 4.79 Å². The van der Waals surface area contributed by atoms with E-state index in [1.165, 1.54) is 0 Å². The fourth-order valence-electron chi connectivity index (χ4n) is 2.07. The van der Waals surface area contributed by atoms with Gasteiger partial charge in [-0.1, -0.05) is 48.5 Å². The number of carbonyl (C=O) groups excluding carboxylic acids is 2. The summed E-state index contributed by atoms with van der Waals surface area (Å²) in [5, 5.41) is 16.3. The molecule has 0 aromatic heterocycles. The number of carboxylic acids is 1. The highest BCUT2D eigenvalue weighted by Gasteiger charge is 2.14. The lowest BCUT2D eigenvalue weighted by Crippen LogP contribution is -2.50. The number of para-hydroxylation sites is 1. The van der Waals surface area contributed by atoms with Crippen molar-refractivity contribution in [1.82, 2.24) is 5.32 Å². The lowest BCUT2D eigenvalue weighted by Gasteiger charge is -2.20. The zero-order chi connectivity index (χ0) is 15.9. The first-order valence-electron chi connectivity index (χ1n) is 6.94. The summed E-state index contributed by atoms with van der Waals surface area (Å²) in [6.45, 7) is 1.86. The number of carboxylic acid groups (broad SMARTS) is 1. The second-order valence-corrected chi connectivity index (χ2v) is 4.97. The molecule has 2 N–H and O–H groups in total. The molecule has 1 atom stereocenters. The average Bonchev–Trinajstić information content (AvgIpc) is 2.50. The van der Waals surface area contributed by atoms with E-state index in [0.29, 0.717) is 5.69 Å². The minimum atomic E-state index is -1.32.